The van der Waals surface area contributed by atoms with Crippen LogP contribution in [-0.4, -0.2) is 33.4 Å². The largest absolute Gasteiger partial charge is 0.495 e. The molecule has 1 aliphatic carbocycles. The first-order valence-corrected chi connectivity index (χ1v) is 6.06. The zero-order chi connectivity index (χ0) is 13.1. The highest BCUT2D eigenvalue weighted by atomic mass is 19.1. The normalized spacial score (nSPS) is 14.6. The van der Waals surface area contributed by atoms with Gasteiger partial charge in [-0.1, -0.05) is 0 Å². The molecule has 4 nitrogen and oxygen atoms in total. The molecule has 1 aromatic rings. The van der Waals surface area contributed by atoms with Crippen LogP contribution < -0.4 is 15.4 Å². The van der Waals surface area contributed by atoms with Gasteiger partial charge in [-0.2, -0.15) is 0 Å². The fourth-order valence-corrected chi connectivity index (χ4v) is 2.03. The number of nitrogen functional groups attached to an aromatic ring is 1. The fraction of sp³-hybridized carbons (Fsp3) is 0.538. The van der Waals surface area contributed by atoms with Gasteiger partial charge < -0.3 is 20.1 Å². The first-order chi connectivity index (χ1) is 8.67. The van der Waals surface area contributed by atoms with Crippen LogP contribution in [0.4, 0.5) is 15.8 Å². The molecule has 2 N–H and O–H groups in total. The Hall–Kier alpha value is -1.49. The minimum Gasteiger partial charge on any atom is -0.495 e. The molecule has 0 amide bonds. The molecule has 0 saturated heterocycles. The van der Waals surface area contributed by atoms with Gasteiger partial charge in [0.2, 0.25) is 0 Å². The molecule has 100 valence electrons. The summed E-state index contributed by atoms with van der Waals surface area (Å²) in [6.07, 6.45) is 2.19. The minimum absolute atomic E-state index is 0.309. The Labute approximate surface area is 106 Å². The third-order valence-corrected chi connectivity index (χ3v) is 3.13. The van der Waals surface area contributed by atoms with Crippen LogP contribution >= 0.6 is 0 Å². The summed E-state index contributed by atoms with van der Waals surface area (Å²) in [6.45, 7) is 1.24. The van der Waals surface area contributed by atoms with Crippen LogP contribution in [0.15, 0.2) is 12.1 Å². The topological polar surface area (TPSA) is 47.7 Å². The highest BCUT2D eigenvalue weighted by Gasteiger charge is 2.31. The average Bonchev–Trinajstić information content (AvgIpc) is 3.16. The Bertz CT molecular complexity index is 422. The summed E-state index contributed by atoms with van der Waals surface area (Å²) >= 11 is 0. The van der Waals surface area contributed by atoms with Crippen LogP contribution in [0.5, 0.6) is 5.75 Å². The van der Waals surface area contributed by atoms with Crippen LogP contribution in [0, 0.1) is 5.82 Å². The number of methoxy groups -OCH3 is 2. The van der Waals surface area contributed by atoms with E-state index >= 15 is 0 Å². The highest BCUT2D eigenvalue weighted by Crippen LogP contribution is 2.36. The Balaban J connectivity index is 2.28. The number of nitrogens with zero attached hydrogens (tertiary/aromatic N) is 1. The molecule has 0 radical (unpaired) electrons. The van der Waals surface area contributed by atoms with Crippen molar-refractivity contribution in [3.8, 4) is 5.75 Å². The van der Waals surface area contributed by atoms with Crippen molar-refractivity contribution in [2.75, 3.05) is 38.0 Å². The van der Waals surface area contributed by atoms with Gasteiger partial charge >= 0.3 is 0 Å². The van der Waals surface area contributed by atoms with E-state index in [1.165, 1.54) is 13.2 Å². The molecule has 0 heterocycles. The second-order valence-corrected chi connectivity index (χ2v) is 4.46. The van der Waals surface area contributed by atoms with E-state index in [0.717, 1.165) is 12.8 Å². The van der Waals surface area contributed by atoms with Crippen molar-refractivity contribution in [2.24, 2.45) is 0 Å². The monoisotopic (exact) mass is 254 g/mol. The van der Waals surface area contributed by atoms with Crippen molar-refractivity contribution in [1.29, 1.82) is 0 Å². The fourth-order valence-electron chi connectivity index (χ4n) is 2.03. The van der Waals surface area contributed by atoms with E-state index in [-0.39, 0.29) is 5.82 Å². The number of rotatable bonds is 6. The van der Waals surface area contributed by atoms with Crippen LogP contribution in [0.25, 0.3) is 0 Å². The second-order valence-electron chi connectivity index (χ2n) is 4.46. The number of nitrogens with two attached hydrogens (primary N) is 1. The van der Waals surface area contributed by atoms with Gasteiger partial charge in [-0.05, 0) is 12.8 Å². The number of anilines is 2. The lowest BCUT2D eigenvalue weighted by molar-refractivity contribution is 0.204. The van der Waals surface area contributed by atoms with E-state index in [2.05, 4.69) is 0 Å². The number of benzene rings is 1. The molecule has 1 aliphatic rings. The summed E-state index contributed by atoms with van der Waals surface area (Å²) in [7, 11) is 3.18. The van der Waals surface area contributed by atoms with Crippen molar-refractivity contribution in [3.63, 3.8) is 0 Å². The highest BCUT2D eigenvalue weighted by molar-refractivity contribution is 5.64. The molecule has 0 aliphatic heterocycles. The lowest BCUT2D eigenvalue weighted by Crippen LogP contribution is -2.30. The molecule has 0 spiro atoms. The van der Waals surface area contributed by atoms with Crippen LogP contribution in [0.1, 0.15) is 12.8 Å². The van der Waals surface area contributed by atoms with E-state index in [1.807, 2.05) is 4.90 Å². The van der Waals surface area contributed by atoms with E-state index in [4.69, 9.17) is 15.2 Å². The summed E-state index contributed by atoms with van der Waals surface area (Å²) < 4.78 is 24.2. The van der Waals surface area contributed by atoms with Crippen molar-refractivity contribution < 1.29 is 13.9 Å². The van der Waals surface area contributed by atoms with Crippen LogP contribution in [0.3, 0.4) is 0 Å². The van der Waals surface area contributed by atoms with E-state index in [1.54, 1.807) is 13.2 Å². The Morgan fingerprint density at radius 1 is 1.39 bits per heavy atom. The third-order valence-electron chi connectivity index (χ3n) is 3.13. The zero-order valence-corrected chi connectivity index (χ0v) is 10.8. The smallest absolute Gasteiger partial charge is 0.148 e. The van der Waals surface area contributed by atoms with Crippen molar-refractivity contribution >= 4 is 11.4 Å². The van der Waals surface area contributed by atoms with Gasteiger partial charge in [-0.15, -0.1) is 0 Å². The first-order valence-electron chi connectivity index (χ1n) is 6.06. The molecule has 1 aromatic carbocycles. The van der Waals surface area contributed by atoms with Crippen LogP contribution in [-0.2, 0) is 4.74 Å². The van der Waals surface area contributed by atoms with Gasteiger partial charge in [0.25, 0.3) is 0 Å². The number of hydrogen-bond donors (Lipinski definition) is 1. The van der Waals surface area contributed by atoms with Gasteiger partial charge in [0, 0.05) is 31.8 Å². The number of ether oxygens (including phenoxy) is 2. The molecule has 2 rings (SSSR count). The molecular formula is C13H19FN2O2. The summed E-state index contributed by atoms with van der Waals surface area (Å²) in [5.74, 6) is 0.200. The van der Waals surface area contributed by atoms with Gasteiger partial charge in [-0.3, -0.25) is 0 Å². The van der Waals surface area contributed by atoms with Gasteiger partial charge in [0.1, 0.15) is 11.6 Å². The maximum Gasteiger partial charge on any atom is 0.148 e. The number of hydrogen-bond acceptors (Lipinski definition) is 4. The van der Waals surface area contributed by atoms with Crippen molar-refractivity contribution in [3.05, 3.63) is 17.9 Å². The van der Waals surface area contributed by atoms with Gasteiger partial charge in [0.05, 0.1) is 25.1 Å². The lowest BCUT2D eigenvalue weighted by atomic mass is 10.2. The lowest BCUT2D eigenvalue weighted by Gasteiger charge is -2.25. The molecule has 1 saturated carbocycles. The average molecular weight is 254 g/mol. The Kier molecular flexibility index (Phi) is 3.91. The molecule has 18 heavy (non-hydrogen) atoms. The predicted molar refractivity (Wildman–Crippen MR) is 69.6 cm³/mol. The minimum atomic E-state index is -0.309. The second kappa shape index (κ2) is 5.44. The first kappa shape index (κ1) is 13.0. The third kappa shape index (κ3) is 2.67. The standard InChI is InChI=1S/C13H19FN2O2/c1-17-6-5-16(9-3-4-9)12-8-13(18-2)11(15)7-10(12)14/h7-9H,3-6,15H2,1-2H3. The predicted octanol–water partition coefficient (Wildman–Crippen LogP) is 2.03. The molecule has 0 aromatic heterocycles. The summed E-state index contributed by atoms with van der Waals surface area (Å²) in [6, 6.07) is 3.39. The van der Waals surface area contributed by atoms with Crippen molar-refractivity contribution in [1.82, 2.24) is 0 Å². The van der Waals surface area contributed by atoms with E-state index in [0.29, 0.717) is 36.3 Å². The molecule has 0 bridgehead atoms. The maximum atomic E-state index is 14.0. The summed E-state index contributed by atoms with van der Waals surface area (Å²) in [5.41, 5.74) is 6.55. The molecule has 5 heteroatoms. The summed E-state index contributed by atoms with van der Waals surface area (Å²) in [4.78, 5) is 2.03. The molecular weight excluding hydrogens is 235 g/mol. The van der Waals surface area contributed by atoms with E-state index < -0.39 is 0 Å². The summed E-state index contributed by atoms with van der Waals surface area (Å²) in [5, 5.41) is 0. The van der Waals surface area contributed by atoms with Gasteiger partial charge in [-0.25, -0.2) is 4.39 Å². The van der Waals surface area contributed by atoms with Gasteiger partial charge in [0.15, 0.2) is 0 Å². The van der Waals surface area contributed by atoms with Crippen molar-refractivity contribution in [2.45, 2.75) is 18.9 Å². The maximum absolute atomic E-state index is 14.0. The van der Waals surface area contributed by atoms with Crippen LogP contribution in [0.2, 0.25) is 0 Å². The molecule has 0 unspecified atom stereocenters. The Morgan fingerprint density at radius 2 is 2.11 bits per heavy atom. The Morgan fingerprint density at radius 3 is 2.67 bits per heavy atom. The zero-order valence-electron chi connectivity index (χ0n) is 10.8. The van der Waals surface area contributed by atoms with E-state index in [9.17, 15) is 4.39 Å². The molecule has 1 fully saturated rings. The number of halogens is 1. The quantitative estimate of drug-likeness (QED) is 0.789. The molecule has 0 atom stereocenters. The SMILES string of the molecule is COCCN(c1cc(OC)c(N)cc1F)C1CC1.